The highest BCUT2D eigenvalue weighted by atomic mass is 32.2. The summed E-state index contributed by atoms with van der Waals surface area (Å²) in [6, 6.07) is 10.8. The monoisotopic (exact) mass is 441 g/mol. The molecule has 4 rings (SSSR count). The second kappa shape index (κ2) is 8.45. The van der Waals surface area contributed by atoms with Crippen molar-refractivity contribution in [1.29, 1.82) is 0 Å². The van der Waals surface area contributed by atoms with Crippen molar-refractivity contribution < 1.29 is 18.8 Å². The van der Waals surface area contributed by atoms with Gasteiger partial charge in [0.25, 0.3) is 11.8 Å². The Morgan fingerprint density at radius 1 is 1.33 bits per heavy atom. The zero-order valence-electron chi connectivity index (χ0n) is 16.1. The number of thioether (sulfide) groups is 1. The molecule has 2 aromatic rings. The zero-order chi connectivity index (χ0) is 21.3. The molecule has 1 atom stereocenters. The van der Waals surface area contributed by atoms with Gasteiger partial charge >= 0.3 is 0 Å². The molecule has 0 radical (unpaired) electrons. The summed E-state index contributed by atoms with van der Waals surface area (Å²) in [6.45, 7) is 2.59. The molecule has 2 aliphatic heterocycles. The summed E-state index contributed by atoms with van der Waals surface area (Å²) in [6.07, 6.45) is 2.39. The first-order valence-electron chi connectivity index (χ1n) is 9.40. The van der Waals surface area contributed by atoms with Gasteiger partial charge in [-0.2, -0.15) is 0 Å². The largest absolute Gasteiger partial charge is 0.457 e. The van der Waals surface area contributed by atoms with Gasteiger partial charge in [-0.15, -0.1) is 0 Å². The van der Waals surface area contributed by atoms with Crippen LogP contribution < -0.4 is 10.6 Å². The van der Waals surface area contributed by atoms with E-state index in [-0.39, 0.29) is 23.8 Å². The summed E-state index contributed by atoms with van der Waals surface area (Å²) < 4.78 is 6.27. The van der Waals surface area contributed by atoms with E-state index in [1.807, 2.05) is 12.1 Å². The molecule has 30 heavy (non-hydrogen) atoms. The summed E-state index contributed by atoms with van der Waals surface area (Å²) in [4.78, 5) is 38.1. The number of likely N-dealkylation sites (tertiary alicyclic amines) is 1. The predicted octanol–water partition coefficient (Wildman–Crippen LogP) is 2.79. The zero-order valence-corrected chi connectivity index (χ0v) is 17.8. The molecule has 1 unspecified atom stereocenters. The molecule has 0 spiro atoms. The minimum atomic E-state index is -0.237. The molecule has 3 heterocycles. The molecular formula is C21H19N3O4S2. The van der Waals surface area contributed by atoms with E-state index in [1.165, 1.54) is 18.7 Å². The molecule has 2 fully saturated rings. The third-order valence-corrected chi connectivity index (χ3v) is 5.98. The van der Waals surface area contributed by atoms with E-state index < -0.39 is 0 Å². The molecular weight excluding hydrogens is 422 g/mol. The Morgan fingerprint density at radius 2 is 2.17 bits per heavy atom. The predicted molar refractivity (Wildman–Crippen MR) is 119 cm³/mol. The number of nitrogens with one attached hydrogen (secondary N) is 2. The van der Waals surface area contributed by atoms with E-state index in [1.54, 1.807) is 35.2 Å². The number of rotatable bonds is 4. The van der Waals surface area contributed by atoms with Gasteiger partial charge in [-0.05, 0) is 30.7 Å². The van der Waals surface area contributed by atoms with E-state index in [0.717, 1.165) is 12.0 Å². The van der Waals surface area contributed by atoms with Crippen LogP contribution in [0, 0.1) is 0 Å². The molecule has 0 bridgehead atoms. The summed E-state index contributed by atoms with van der Waals surface area (Å²) in [7, 11) is 0. The van der Waals surface area contributed by atoms with Crippen LogP contribution in [0.4, 0.5) is 0 Å². The number of amides is 3. The lowest BCUT2D eigenvalue weighted by atomic mass is 10.1. The first-order chi connectivity index (χ1) is 14.4. The van der Waals surface area contributed by atoms with Crippen LogP contribution in [0.3, 0.4) is 0 Å². The Morgan fingerprint density at radius 3 is 2.90 bits per heavy atom. The quantitative estimate of drug-likeness (QED) is 0.560. The lowest BCUT2D eigenvalue weighted by molar-refractivity contribution is -0.119. The third-order valence-electron chi connectivity index (χ3n) is 4.82. The van der Waals surface area contributed by atoms with Crippen molar-refractivity contribution in [2.24, 2.45) is 0 Å². The summed E-state index contributed by atoms with van der Waals surface area (Å²) >= 11 is 6.18. The van der Waals surface area contributed by atoms with Crippen LogP contribution in [-0.2, 0) is 9.59 Å². The first-order valence-corrected chi connectivity index (χ1v) is 10.6. The average Bonchev–Trinajstić information content (AvgIpc) is 3.42. The molecule has 0 saturated carbocycles. The molecule has 2 aliphatic rings. The van der Waals surface area contributed by atoms with Crippen molar-refractivity contribution in [3.63, 3.8) is 0 Å². The highest BCUT2D eigenvalue weighted by molar-refractivity contribution is 8.26. The van der Waals surface area contributed by atoms with Crippen molar-refractivity contribution in [3.8, 4) is 11.3 Å². The van der Waals surface area contributed by atoms with E-state index in [0.29, 0.717) is 39.4 Å². The maximum atomic E-state index is 12.9. The van der Waals surface area contributed by atoms with Gasteiger partial charge in [0.2, 0.25) is 5.91 Å². The van der Waals surface area contributed by atoms with E-state index >= 15 is 0 Å². The topological polar surface area (TPSA) is 91.7 Å². The fraction of sp³-hybridized carbons (Fsp3) is 0.238. The summed E-state index contributed by atoms with van der Waals surface area (Å²) in [5.41, 5.74) is 1.32. The van der Waals surface area contributed by atoms with Gasteiger partial charge in [-0.3, -0.25) is 14.4 Å². The lowest BCUT2D eigenvalue weighted by Crippen LogP contribution is -2.37. The van der Waals surface area contributed by atoms with Gasteiger partial charge in [0, 0.05) is 43.3 Å². The van der Waals surface area contributed by atoms with Crippen molar-refractivity contribution in [1.82, 2.24) is 15.5 Å². The number of benzene rings is 1. The van der Waals surface area contributed by atoms with Gasteiger partial charge in [0.05, 0.1) is 4.91 Å². The maximum absolute atomic E-state index is 12.9. The van der Waals surface area contributed by atoms with Crippen molar-refractivity contribution in [2.75, 3.05) is 13.1 Å². The molecule has 1 aromatic carbocycles. The number of nitrogens with zero attached hydrogens (tertiary/aromatic N) is 1. The van der Waals surface area contributed by atoms with Gasteiger partial charge in [0.1, 0.15) is 15.8 Å². The molecule has 9 heteroatoms. The molecule has 2 saturated heterocycles. The van der Waals surface area contributed by atoms with Crippen molar-refractivity contribution in [3.05, 3.63) is 52.6 Å². The van der Waals surface area contributed by atoms with Gasteiger partial charge in [-0.25, -0.2) is 0 Å². The standard InChI is InChI=1S/C21H19N3O4S2/c1-12(25)22-15-7-8-24(11-15)20(27)14-4-2-3-13(9-14)17-6-5-16(28-17)10-18-19(26)23-21(29)30-18/h2-6,9-10,15H,7-8,11H2,1H3,(H,22,25)(H,23,26,29). The van der Waals surface area contributed by atoms with Crippen LogP contribution in [0.15, 0.2) is 45.7 Å². The smallest absolute Gasteiger partial charge is 0.263 e. The Hall–Kier alpha value is -2.91. The maximum Gasteiger partial charge on any atom is 0.263 e. The van der Waals surface area contributed by atoms with Crippen LogP contribution >= 0.6 is 24.0 Å². The van der Waals surface area contributed by atoms with Crippen molar-refractivity contribution in [2.45, 2.75) is 19.4 Å². The Labute approximate surface area is 182 Å². The van der Waals surface area contributed by atoms with Crippen LogP contribution in [0.25, 0.3) is 17.4 Å². The fourth-order valence-corrected chi connectivity index (χ4v) is 4.50. The molecule has 7 nitrogen and oxygen atoms in total. The Bertz CT molecular complexity index is 1080. The molecule has 1 aromatic heterocycles. The van der Waals surface area contributed by atoms with Crippen LogP contribution in [0.2, 0.25) is 0 Å². The minimum absolute atomic E-state index is 0.00570. The number of hydrogen-bond acceptors (Lipinski definition) is 6. The summed E-state index contributed by atoms with van der Waals surface area (Å²) in [5.74, 6) is 0.724. The lowest BCUT2D eigenvalue weighted by Gasteiger charge is -2.17. The van der Waals surface area contributed by atoms with E-state index in [4.69, 9.17) is 16.6 Å². The molecule has 154 valence electrons. The third kappa shape index (κ3) is 4.47. The summed E-state index contributed by atoms with van der Waals surface area (Å²) in [5, 5.41) is 5.43. The Kier molecular flexibility index (Phi) is 5.74. The molecule has 2 N–H and O–H groups in total. The number of hydrogen-bond donors (Lipinski definition) is 2. The molecule has 3 amide bonds. The number of carbonyl (C=O) groups is 3. The highest BCUT2D eigenvalue weighted by Gasteiger charge is 2.27. The van der Waals surface area contributed by atoms with Crippen LogP contribution in [0.5, 0.6) is 0 Å². The average molecular weight is 442 g/mol. The normalized spacial score (nSPS) is 20.0. The fourth-order valence-electron chi connectivity index (χ4n) is 3.47. The van der Waals surface area contributed by atoms with E-state index in [9.17, 15) is 14.4 Å². The molecule has 0 aliphatic carbocycles. The minimum Gasteiger partial charge on any atom is -0.457 e. The van der Waals surface area contributed by atoms with E-state index in [2.05, 4.69) is 10.6 Å². The van der Waals surface area contributed by atoms with Crippen molar-refractivity contribution >= 4 is 52.1 Å². The highest BCUT2D eigenvalue weighted by Crippen LogP contribution is 2.29. The second-order valence-corrected chi connectivity index (χ2v) is 8.79. The SMILES string of the molecule is CC(=O)NC1CCN(C(=O)c2cccc(-c3ccc(C=C4SC(=S)NC4=O)o3)c2)C1. The van der Waals surface area contributed by atoms with Gasteiger partial charge in [-0.1, -0.05) is 36.1 Å². The number of furan rings is 1. The second-order valence-electron chi connectivity index (χ2n) is 7.07. The van der Waals surface area contributed by atoms with Crippen LogP contribution in [0.1, 0.15) is 29.5 Å². The van der Waals surface area contributed by atoms with Crippen LogP contribution in [-0.4, -0.2) is 46.1 Å². The number of carbonyl (C=O) groups excluding carboxylic acids is 3. The Balaban J connectivity index is 1.49. The van der Waals surface area contributed by atoms with Gasteiger partial charge < -0.3 is 20.0 Å². The number of thiocarbonyl (C=S) groups is 1. The first kappa shape index (κ1) is 20.4. The van der Waals surface area contributed by atoms with Gasteiger partial charge in [0.15, 0.2) is 0 Å².